The van der Waals surface area contributed by atoms with Gasteiger partial charge in [0.25, 0.3) is 0 Å². The van der Waals surface area contributed by atoms with E-state index < -0.39 is 82.8 Å². The van der Waals surface area contributed by atoms with E-state index in [1.807, 2.05) is 0 Å². The van der Waals surface area contributed by atoms with Crippen LogP contribution in [0.25, 0.3) is 16.8 Å². The molecule has 0 bridgehead atoms. The summed E-state index contributed by atoms with van der Waals surface area (Å²) in [4.78, 5) is 17.0. The summed E-state index contributed by atoms with van der Waals surface area (Å²) in [6.45, 7) is 1.93. The number of halogens is 7. The summed E-state index contributed by atoms with van der Waals surface area (Å²) in [6, 6.07) is 2.85. The van der Waals surface area contributed by atoms with E-state index in [0.717, 1.165) is 45.9 Å². The zero-order valence-corrected chi connectivity index (χ0v) is 25.2. The Bertz CT molecular complexity index is 1760. The van der Waals surface area contributed by atoms with E-state index >= 15 is 0 Å². The van der Waals surface area contributed by atoms with Crippen molar-refractivity contribution < 1.29 is 51.5 Å². The lowest BCUT2D eigenvalue weighted by Gasteiger charge is -2.42. The molecule has 0 radical (unpaired) electrons. The van der Waals surface area contributed by atoms with Gasteiger partial charge in [0.2, 0.25) is 0 Å². The highest BCUT2D eigenvalue weighted by Gasteiger charge is 2.49. The Morgan fingerprint density at radius 1 is 1.09 bits per heavy atom. The number of alkyl halides is 3. The first-order valence-electron chi connectivity index (χ1n) is 13.5. The Labute approximate surface area is 266 Å². The maximum Gasteiger partial charge on any atom is 0.418 e. The number of aromatic nitrogens is 5. The third kappa shape index (κ3) is 6.20. The van der Waals surface area contributed by atoms with Crippen LogP contribution in [0.5, 0.6) is 0 Å². The summed E-state index contributed by atoms with van der Waals surface area (Å²) in [6.07, 6.45) is -10.5. The van der Waals surface area contributed by atoms with E-state index in [1.165, 1.54) is 13.8 Å². The third-order valence-corrected chi connectivity index (χ3v) is 7.78. The van der Waals surface area contributed by atoms with Crippen molar-refractivity contribution in [3.63, 3.8) is 0 Å². The summed E-state index contributed by atoms with van der Waals surface area (Å²) in [5, 5.41) is 40.2. The SMILES string of the molecule is CCOC(=O)c1nn(C2[C@@H](O)C(CO)O[C@@H](c3nc(C)nn3-c3cc(Cl)ccc3C(F)(F)F)[C@H]2O)cc1-c1cc(F)c(Cl)c(F)c1. The number of esters is 1. The van der Waals surface area contributed by atoms with Crippen molar-refractivity contribution in [2.45, 2.75) is 50.5 Å². The third-order valence-electron chi connectivity index (χ3n) is 7.18. The second-order valence-electron chi connectivity index (χ2n) is 10.2. The number of aliphatic hydroxyl groups is 3. The first kappa shape index (κ1) is 33.7. The molecule has 11 nitrogen and oxygen atoms in total. The van der Waals surface area contributed by atoms with Gasteiger partial charge in [0, 0.05) is 16.8 Å². The van der Waals surface area contributed by atoms with Crippen LogP contribution in [-0.4, -0.2) is 77.4 Å². The fraction of sp³-hybridized carbons (Fsp3) is 0.357. The standard InChI is InChI=1S/C28H24Cl2F5N5O6/c1-3-45-27(44)21-14(12-6-16(31)20(30)17(32)7-12)9-39(38-21)22-23(42)19(10-41)46-25(24(22)43)26-36-11(2)37-40(26)18-8-13(29)4-5-15(18)28(33,34)35/h4-9,19,22-25,41-43H,3,10H2,1-2H3/t19?,22?,23-,24-,25+/m0/s1. The smallest absolute Gasteiger partial charge is 0.418 e. The molecule has 0 saturated carbocycles. The number of benzene rings is 2. The number of carbonyl (C=O) groups is 1. The molecular formula is C28H24Cl2F5N5O6. The molecule has 4 aromatic rings. The van der Waals surface area contributed by atoms with Crippen molar-refractivity contribution in [2.24, 2.45) is 0 Å². The van der Waals surface area contributed by atoms with Crippen LogP contribution in [0.4, 0.5) is 22.0 Å². The zero-order chi connectivity index (χ0) is 33.7. The van der Waals surface area contributed by atoms with Crippen LogP contribution in [0.15, 0.2) is 36.5 Å². The van der Waals surface area contributed by atoms with Crippen molar-refractivity contribution in [3.05, 3.63) is 81.1 Å². The van der Waals surface area contributed by atoms with Gasteiger partial charge < -0.3 is 24.8 Å². The highest BCUT2D eigenvalue weighted by atomic mass is 35.5. The Morgan fingerprint density at radius 2 is 1.76 bits per heavy atom. The minimum Gasteiger partial charge on any atom is -0.461 e. The van der Waals surface area contributed by atoms with E-state index in [1.54, 1.807) is 0 Å². The van der Waals surface area contributed by atoms with Crippen molar-refractivity contribution in [3.8, 4) is 16.8 Å². The van der Waals surface area contributed by atoms with E-state index in [4.69, 9.17) is 32.7 Å². The van der Waals surface area contributed by atoms with Gasteiger partial charge in [-0.2, -0.15) is 23.4 Å². The summed E-state index contributed by atoms with van der Waals surface area (Å²) >= 11 is 11.6. The maximum absolute atomic E-state index is 14.4. The van der Waals surface area contributed by atoms with Gasteiger partial charge in [-0.3, -0.25) is 4.68 Å². The molecule has 2 aromatic heterocycles. The average molecular weight is 692 g/mol. The summed E-state index contributed by atoms with van der Waals surface area (Å²) in [5.74, 6) is -3.71. The van der Waals surface area contributed by atoms with Crippen LogP contribution in [0.2, 0.25) is 10.0 Å². The molecule has 18 heteroatoms. The minimum atomic E-state index is -4.86. The fourth-order valence-corrected chi connectivity index (χ4v) is 5.43. The van der Waals surface area contributed by atoms with Crippen LogP contribution in [-0.2, 0) is 15.7 Å². The molecule has 1 aliphatic rings. The van der Waals surface area contributed by atoms with Gasteiger partial charge in [0.05, 0.1) is 24.5 Å². The van der Waals surface area contributed by atoms with Gasteiger partial charge >= 0.3 is 12.1 Å². The summed E-state index contributed by atoms with van der Waals surface area (Å²) in [5.41, 5.74) is -2.52. The fourth-order valence-electron chi connectivity index (χ4n) is 5.16. The highest BCUT2D eigenvalue weighted by molar-refractivity contribution is 6.31. The first-order chi connectivity index (χ1) is 21.7. The van der Waals surface area contributed by atoms with Gasteiger partial charge in [-0.25, -0.2) is 23.2 Å². The van der Waals surface area contributed by atoms with Crippen LogP contribution in [0, 0.1) is 18.6 Å². The lowest BCUT2D eigenvalue weighted by molar-refractivity contribution is -0.210. The molecule has 3 N–H and O–H groups in total. The molecule has 1 aliphatic heterocycles. The van der Waals surface area contributed by atoms with E-state index in [0.29, 0.717) is 0 Å². The highest BCUT2D eigenvalue weighted by Crippen LogP contribution is 2.41. The first-order valence-corrected chi connectivity index (χ1v) is 14.3. The summed E-state index contributed by atoms with van der Waals surface area (Å²) in [7, 11) is 0. The van der Waals surface area contributed by atoms with Crippen LogP contribution < -0.4 is 0 Å². The Morgan fingerprint density at radius 3 is 2.37 bits per heavy atom. The molecule has 2 unspecified atom stereocenters. The Kier molecular flexibility index (Phi) is 9.41. The topological polar surface area (TPSA) is 145 Å². The Balaban J connectivity index is 1.66. The normalized spacial score (nSPS) is 21.9. The number of ether oxygens (including phenoxy) is 2. The average Bonchev–Trinajstić information content (AvgIpc) is 3.59. The van der Waals surface area contributed by atoms with Crippen molar-refractivity contribution in [2.75, 3.05) is 13.2 Å². The largest absolute Gasteiger partial charge is 0.461 e. The van der Waals surface area contributed by atoms with Gasteiger partial charge in [0.15, 0.2) is 11.5 Å². The second-order valence-corrected chi connectivity index (χ2v) is 11.0. The van der Waals surface area contributed by atoms with Gasteiger partial charge in [-0.15, -0.1) is 0 Å². The maximum atomic E-state index is 14.4. The molecule has 2 aromatic carbocycles. The lowest BCUT2D eigenvalue weighted by Crippen LogP contribution is -2.53. The monoisotopic (exact) mass is 691 g/mol. The number of aryl methyl sites for hydroxylation is 1. The van der Waals surface area contributed by atoms with Crippen molar-refractivity contribution >= 4 is 29.2 Å². The molecule has 46 heavy (non-hydrogen) atoms. The number of rotatable bonds is 7. The predicted molar refractivity (Wildman–Crippen MR) is 150 cm³/mol. The van der Waals surface area contributed by atoms with Crippen molar-refractivity contribution in [1.29, 1.82) is 0 Å². The molecule has 5 rings (SSSR count). The minimum absolute atomic E-state index is 0.0279. The molecule has 5 atom stereocenters. The van der Waals surface area contributed by atoms with Gasteiger partial charge in [-0.1, -0.05) is 23.2 Å². The number of carbonyl (C=O) groups excluding carboxylic acids is 1. The molecule has 3 heterocycles. The van der Waals surface area contributed by atoms with Gasteiger partial charge in [-0.05, 0) is 49.7 Å². The van der Waals surface area contributed by atoms with Crippen LogP contribution in [0.1, 0.15) is 46.8 Å². The Hall–Kier alpha value is -3.67. The molecule has 0 spiro atoms. The van der Waals surface area contributed by atoms with Crippen LogP contribution >= 0.6 is 23.2 Å². The molecule has 1 saturated heterocycles. The second kappa shape index (κ2) is 12.8. The zero-order valence-electron chi connectivity index (χ0n) is 23.7. The molecule has 0 aliphatic carbocycles. The van der Waals surface area contributed by atoms with Gasteiger partial charge in [0.1, 0.15) is 52.9 Å². The van der Waals surface area contributed by atoms with E-state index in [2.05, 4.69) is 15.2 Å². The van der Waals surface area contributed by atoms with Crippen molar-refractivity contribution in [1.82, 2.24) is 24.5 Å². The number of aliphatic hydroxyl groups excluding tert-OH is 3. The molecule has 0 amide bonds. The molecule has 1 fully saturated rings. The summed E-state index contributed by atoms with van der Waals surface area (Å²) < 4.78 is 83.2. The van der Waals surface area contributed by atoms with E-state index in [-0.39, 0.29) is 34.4 Å². The molecular weight excluding hydrogens is 668 g/mol. The lowest BCUT2D eigenvalue weighted by atomic mass is 9.92. The number of hydrogen-bond acceptors (Lipinski definition) is 9. The predicted octanol–water partition coefficient (Wildman–Crippen LogP) is 4.62. The number of nitrogens with zero attached hydrogens (tertiary/aromatic N) is 5. The quantitative estimate of drug-likeness (QED) is 0.144. The number of hydrogen-bond donors (Lipinski definition) is 3. The van der Waals surface area contributed by atoms with Crippen LogP contribution in [0.3, 0.4) is 0 Å². The molecule has 246 valence electrons. The van der Waals surface area contributed by atoms with E-state index in [9.17, 15) is 42.1 Å².